The van der Waals surface area contributed by atoms with Crippen LogP contribution in [-0.2, 0) is 20.7 Å². The summed E-state index contributed by atoms with van der Waals surface area (Å²) in [5.74, 6) is -2.44. The van der Waals surface area contributed by atoms with Crippen LogP contribution >= 0.6 is 0 Å². The average molecular weight is 268 g/mol. The minimum atomic E-state index is -1.90. The third kappa shape index (κ3) is 9.87. The van der Waals surface area contributed by atoms with Crippen LogP contribution < -0.4 is 10.6 Å². The van der Waals surface area contributed by atoms with Crippen molar-refractivity contribution >= 4 is 23.0 Å². The number of nitrogens with one attached hydrogen (secondary N) is 2. The molecule has 9 heteroatoms. The van der Waals surface area contributed by atoms with E-state index in [4.69, 9.17) is 14.8 Å². The minimum Gasteiger partial charge on any atom is -0.481 e. The third-order valence-electron chi connectivity index (χ3n) is 1.82. The van der Waals surface area contributed by atoms with E-state index in [0.717, 1.165) is 0 Å². The molecule has 0 aliphatic rings. The zero-order valence-corrected chi connectivity index (χ0v) is 9.90. The van der Waals surface area contributed by atoms with Gasteiger partial charge < -0.3 is 25.4 Å². The normalized spacial score (nSPS) is 14.2. The van der Waals surface area contributed by atoms with Crippen molar-refractivity contribution in [2.24, 2.45) is 0 Å². The second-order valence-electron chi connectivity index (χ2n) is 3.26. The average Bonchev–Trinajstić information content (AvgIpc) is 2.20. The standard InChI is InChI=1S/C8H16N2O6S/c11-7(12)4-6(8(13)14)10-3-1-2-9-5-17(15)16/h6,9-10H,1-5H2,(H,11,12)(H,13,14)(H,15,16). The van der Waals surface area contributed by atoms with Gasteiger partial charge in [-0.15, -0.1) is 0 Å². The first kappa shape index (κ1) is 16.0. The monoisotopic (exact) mass is 268 g/mol. The summed E-state index contributed by atoms with van der Waals surface area (Å²) >= 11 is -1.90. The molecule has 2 unspecified atom stereocenters. The van der Waals surface area contributed by atoms with Crippen molar-refractivity contribution in [1.82, 2.24) is 10.6 Å². The summed E-state index contributed by atoms with van der Waals surface area (Å²) in [6.07, 6.45) is 0.0457. The lowest BCUT2D eigenvalue weighted by atomic mass is 10.2. The molecular weight excluding hydrogens is 252 g/mol. The maximum absolute atomic E-state index is 10.6. The number of aliphatic carboxylic acids is 2. The van der Waals surface area contributed by atoms with Crippen molar-refractivity contribution in [2.75, 3.05) is 19.0 Å². The molecule has 0 heterocycles. The molecule has 0 aromatic rings. The highest BCUT2D eigenvalue weighted by atomic mass is 32.2. The van der Waals surface area contributed by atoms with E-state index in [0.29, 0.717) is 19.5 Å². The molecule has 0 fully saturated rings. The van der Waals surface area contributed by atoms with Gasteiger partial charge >= 0.3 is 11.9 Å². The van der Waals surface area contributed by atoms with Gasteiger partial charge in [0.25, 0.3) is 0 Å². The fraction of sp³-hybridized carbons (Fsp3) is 0.750. The summed E-state index contributed by atoms with van der Waals surface area (Å²) in [5.41, 5.74) is 0. The van der Waals surface area contributed by atoms with Crippen LogP contribution in [-0.4, -0.2) is 55.9 Å². The summed E-state index contributed by atoms with van der Waals surface area (Å²) in [7, 11) is 0. The first-order valence-corrected chi connectivity index (χ1v) is 6.17. The Morgan fingerprint density at radius 2 is 1.88 bits per heavy atom. The van der Waals surface area contributed by atoms with Crippen LogP contribution in [0, 0.1) is 0 Å². The lowest BCUT2D eigenvalue weighted by molar-refractivity contribution is -0.145. The second kappa shape index (κ2) is 9.05. The van der Waals surface area contributed by atoms with Crippen LogP contribution in [0.25, 0.3) is 0 Å². The van der Waals surface area contributed by atoms with E-state index in [1.165, 1.54) is 0 Å². The summed E-state index contributed by atoms with van der Waals surface area (Å²) in [4.78, 5) is 21.0. The minimum absolute atomic E-state index is 0.0442. The molecule has 0 rings (SSSR count). The van der Waals surface area contributed by atoms with E-state index < -0.39 is 35.5 Å². The van der Waals surface area contributed by atoms with Gasteiger partial charge in [-0.1, -0.05) is 0 Å². The molecule has 0 aliphatic carbocycles. The second-order valence-corrected chi connectivity index (χ2v) is 4.19. The summed E-state index contributed by atoms with van der Waals surface area (Å²) < 4.78 is 18.7. The fourth-order valence-corrected chi connectivity index (χ4v) is 1.39. The Labute approximate surface area is 101 Å². The Morgan fingerprint density at radius 1 is 1.24 bits per heavy atom. The molecule has 0 saturated carbocycles. The Hall–Kier alpha value is -1.03. The molecule has 5 N–H and O–H groups in total. The molecule has 0 aromatic heterocycles. The third-order valence-corrected chi connectivity index (χ3v) is 2.27. The number of hydrogen-bond donors (Lipinski definition) is 5. The van der Waals surface area contributed by atoms with Gasteiger partial charge in [0.15, 0.2) is 11.1 Å². The van der Waals surface area contributed by atoms with Crippen LogP contribution in [0.1, 0.15) is 12.8 Å². The van der Waals surface area contributed by atoms with E-state index in [1.807, 2.05) is 0 Å². The first-order valence-electron chi connectivity index (χ1n) is 4.89. The Bertz CT molecular complexity index is 285. The van der Waals surface area contributed by atoms with Crippen molar-refractivity contribution in [2.45, 2.75) is 18.9 Å². The molecule has 2 atom stereocenters. The van der Waals surface area contributed by atoms with Gasteiger partial charge in [-0.3, -0.25) is 9.59 Å². The predicted octanol–water partition coefficient (Wildman–Crippen LogP) is -1.34. The van der Waals surface area contributed by atoms with Crippen LogP contribution in [0.4, 0.5) is 0 Å². The van der Waals surface area contributed by atoms with Gasteiger partial charge in [-0.2, -0.15) is 0 Å². The van der Waals surface area contributed by atoms with Crippen molar-refractivity contribution in [3.63, 3.8) is 0 Å². The lowest BCUT2D eigenvalue weighted by Gasteiger charge is -2.11. The Balaban J connectivity index is 3.65. The van der Waals surface area contributed by atoms with Gasteiger partial charge in [0, 0.05) is 0 Å². The van der Waals surface area contributed by atoms with E-state index >= 15 is 0 Å². The molecule has 0 bridgehead atoms. The van der Waals surface area contributed by atoms with Gasteiger partial charge in [0.05, 0.1) is 12.3 Å². The summed E-state index contributed by atoms with van der Waals surface area (Å²) in [6.45, 7) is 0.758. The summed E-state index contributed by atoms with van der Waals surface area (Å²) in [5, 5.41) is 22.4. The molecule has 0 spiro atoms. The van der Waals surface area contributed by atoms with Gasteiger partial charge in [-0.05, 0) is 19.5 Å². The molecule has 8 nitrogen and oxygen atoms in total. The van der Waals surface area contributed by atoms with Crippen LogP contribution in [0.5, 0.6) is 0 Å². The number of carboxylic acids is 2. The first-order chi connectivity index (χ1) is 7.93. The highest BCUT2D eigenvalue weighted by Gasteiger charge is 2.19. The Morgan fingerprint density at radius 3 is 2.35 bits per heavy atom. The van der Waals surface area contributed by atoms with Crippen molar-refractivity contribution in [3.8, 4) is 0 Å². The van der Waals surface area contributed by atoms with E-state index in [1.54, 1.807) is 0 Å². The lowest BCUT2D eigenvalue weighted by Crippen LogP contribution is -2.39. The molecule has 0 aromatic carbocycles. The number of carboxylic acid groups (broad SMARTS) is 2. The number of hydrogen-bond acceptors (Lipinski definition) is 5. The number of rotatable bonds is 10. The van der Waals surface area contributed by atoms with E-state index in [-0.39, 0.29) is 5.88 Å². The highest BCUT2D eigenvalue weighted by Crippen LogP contribution is 1.92. The largest absolute Gasteiger partial charge is 0.481 e. The van der Waals surface area contributed by atoms with Crippen molar-refractivity contribution in [1.29, 1.82) is 0 Å². The molecule has 0 aliphatic heterocycles. The highest BCUT2D eigenvalue weighted by molar-refractivity contribution is 7.79. The van der Waals surface area contributed by atoms with Gasteiger partial charge in [0.2, 0.25) is 0 Å². The fourth-order valence-electron chi connectivity index (χ4n) is 1.07. The molecule has 0 radical (unpaired) electrons. The van der Waals surface area contributed by atoms with Crippen LogP contribution in [0.2, 0.25) is 0 Å². The summed E-state index contributed by atoms with van der Waals surface area (Å²) in [6, 6.07) is -1.11. The number of carbonyl (C=O) groups is 2. The zero-order valence-electron chi connectivity index (χ0n) is 9.09. The van der Waals surface area contributed by atoms with Crippen LogP contribution in [0.15, 0.2) is 0 Å². The van der Waals surface area contributed by atoms with Gasteiger partial charge in [-0.25, -0.2) is 4.21 Å². The smallest absolute Gasteiger partial charge is 0.321 e. The van der Waals surface area contributed by atoms with Crippen LogP contribution in [0.3, 0.4) is 0 Å². The van der Waals surface area contributed by atoms with Crippen molar-refractivity contribution in [3.05, 3.63) is 0 Å². The van der Waals surface area contributed by atoms with E-state index in [2.05, 4.69) is 10.6 Å². The quantitative estimate of drug-likeness (QED) is 0.243. The molecule has 0 saturated heterocycles. The zero-order chi connectivity index (χ0) is 13.3. The SMILES string of the molecule is O=C(O)CC(NCCCNCS(=O)O)C(=O)O. The Kier molecular flexibility index (Phi) is 8.50. The predicted molar refractivity (Wildman–Crippen MR) is 59.9 cm³/mol. The topological polar surface area (TPSA) is 136 Å². The maximum atomic E-state index is 10.6. The van der Waals surface area contributed by atoms with Crippen molar-refractivity contribution < 1.29 is 28.6 Å². The molecule has 100 valence electrons. The van der Waals surface area contributed by atoms with E-state index in [9.17, 15) is 13.8 Å². The maximum Gasteiger partial charge on any atom is 0.321 e. The van der Waals surface area contributed by atoms with Gasteiger partial charge in [0.1, 0.15) is 6.04 Å². The molecule has 0 amide bonds. The molecule has 17 heavy (non-hydrogen) atoms. The molecular formula is C8H16N2O6S.